The van der Waals surface area contributed by atoms with E-state index in [9.17, 15) is 4.79 Å². The van der Waals surface area contributed by atoms with Crippen LogP contribution in [0.4, 0.5) is 0 Å². The number of amides is 1. The molecule has 1 aliphatic heterocycles. The van der Waals surface area contributed by atoms with Crippen LogP contribution in [0.15, 0.2) is 0 Å². The quantitative estimate of drug-likeness (QED) is 0.781. The average Bonchev–Trinajstić information content (AvgIpc) is 2.38. The molecule has 0 radical (unpaired) electrons. The molecule has 0 aromatic heterocycles. The van der Waals surface area contributed by atoms with Gasteiger partial charge in [-0.2, -0.15) is 11.8 Å². The smallest absolute Gasteiger partial charge is 0.232 e. The second-order valence-electron chi connectivity index (χ2n) is 5.18. The van der Waals surface area contributed by atoms with E-state index >= 15 is 0 Å². The molecule has 0 bridgehead atoms. The number of carbonyl (C=O) groups excluding carboxylic acids is 1. The minimum absolute atomic E-state index is 0.347. The number of nitrogens with two attached hydrogens (primary N) is 1. The van der Waals surface area contributed by atoms with Crippen LogP contribution in [0.1, 0.15) is 38.5 Å². The van der Waals surface area contributed by atoms with Gasteiger partial charge in [-0.05, 0) is 31.6 Å². The van der Waals surface area contributed by atoms with E-state index in [1.807, 2.05) is 0 Å². The zero-order valence-corrected chi connectivity index (χ0v) is 11.4. The van der Waals surface area contributed by atoms with Gasteiger partial charge in [0.05, 0.1) is 5.75 Å². The summed E-state index contributed by atoms with van der Waals surface area (Å²) >= 11 is 1.68. The molecule has 0 spiro atoms. The third kappa shape index (κ3) is 3.38. The zero-order valence-electron chi connectivity index (χ0n) is 10.6. The average molecular weight is 256 g/mol. The second kappa shape index (κ2) is 6.64. The fourth-order valence-electron chi connectivity index (χ4n) is 3.26. The number of carbonyl (C=O) groups is 1. The predicted molar refractivity (Wildman–Crippen MR) is 73.1 cm³/mol. The molecule has 2 aliphatic rings. The van der Waals surface area contributed by atoms with Crippen LogP contribution < -0.4 is 5.73 Å². The van der Waals surface area contributed by atoms with Crippen molar-refractivity contribution in [2.24, 2.45) is 11.7 Å². The highest BCUT2D eigenvalue weighted by atomic mass is 32.2. The highest BCUT2D eigenvalue weighted by molar-refractivity contribution is 7.99. The lowest BCUT2D eigenvalue weighted by Gasteiger charge is -2.44. The van der Waals surface area contributed by atoms with Gasteiger partial charge in [-0.25, -0.2) is 0 Å². The van der Waals surface area contributed by atoms with Crippen molar-refractivity contribution < 1.29 is 4.79 Å². The normalized spacial score (nSPS) is 28.9. The SMILES string of the molecule is NCCSCC(=O)N1CCCC2CCCCC21. The molecule has 2 fully saturated rings. The van der Waals surface area contributed by atoms with E-state index in [1.165, 1.54) is 38.5 Å². The van der Waals surface area contributed by atoms with Gasteiger partial charge in [0, 0.05) is 24.9 Å². The third-order valence-electron chi connectivity index (χ3n) is 4.05. The van der Waals surface area contributed by atoms with Gasteiger partial charge < -0.3 is 10.6 Å². The van der Waals surface area contributed by atoms with E-state index < -0.39 is 0 Å². The Labute approximate surface area is 108 Å². The van der Waals surface area contributed by atoms with Crippen LogP contribution in [0.5, 0.6) is 0 Å². The summed E-state index contributed by atoms with van der Waals surface area (Å²) in [4.78, 5) is 14.4. The van der Waals surface area contributed by atoms with Crippen molar-refractivity contribution in [1.82, 2.24) is 4.90 Å². The van der Waals surface area contributed by atoms with Crippen molar-refractivity contribution in [3.05, 3.63) is 0 Å². The molecule has 0 aromatic carbocycles. The van der Waals surface area contributed by atoms with Gasteiger partial charge in [0.2, 0.25) is 5.91 Å². The molecule has 1 aliphatic carbocycles. The number of thioether (sulfide) groups is 1. The lowest BCUT2D eigenvalue weighted by atomic mass is 9.78. The molecule has 0 aromatic rings. The molecular formula is C13H24N2OS. The molecule has 17 heavy (non-hydrogen) atoms. The van der Waals surface area contributed by atoms with Crippen LogP contribution in [0, 0.1) is 5.92 Å². The highest BCUT2D eigenvalue weighted by Crippen LogP contribution is 2.35. The van der Waals surface area contributed by atoms with E-state index in [-0.39, 0.29) is 0 Å². The van der Waals surface area contributed by atoms with Crippen molar-refractivity contribution in [3.63, 3.8) is 0 Å². The summed E-state index contributed by atoms with van der Waals surface area (Å²) in [5, 5.41) is 0. The molecule has 2 atom stereocenters. The molecule has 1 saturated carbocycles. The number of piperidine rings is 1. The fraction of sp³-hybridized carbons (Fsp3) is 0.923. The summed E-state index contributed by atoms with van der Waals surface area (Å²) in [5.41, 5.74) is 5.45. The van der Waals surface area contributed by atoms with E-state index in [4.69, 9.17) is 5.73 Å². The summed E-state index contributed by atoms with van der Waals surface area (Å²) < 4.78 is 0. The maximum absolute atomic E-state index is 12.2. The zero-order chi connectivity index (χ0) is 12.1. The van der Waals surface area contributed by atoms with E-state index in [2.05, 4.69) is 4.90 Å². The Kier molecular flexibility index (Phi) is 5.16. The van der Waals surface area contributed by atoms with Gasteiger partial charge in [-0.3, -0.25) is 4.79 Å². The van der Waals surface area contributed by atoms with Crippen LogP contribution in [-0.2, 0) is 4.79 Å². The van der Waals surface area contributed by atoms with Gasteiger partial charge in [0.25, 0.3) is 0 Å². The largest absolute Gasteiger partial charge is 0.339 e. The molecular weight excluding hydrogens is 232 g/mol. The molecule has 1 amide bonds. The van der Waals surface area contributed by atoms with Crippen LogP contribution in [0.25, 0.3) is 0 Å². The minimum Gasteiger partial charge on any atom is -0.339 e. The first-order chi connectivity index (χ1) is 8.33. The standard InChI is InChI=1S/C13H24N2OS/c14-7-9-17-10-13(16)15-8-3-5-11-4-1-2-6-12(11)15/h11-12H,1-10,14H2. The van der Waals surface area contributed by atoms with E-state index in [0.717, 1.165) is 18.2 Å². The number of nitrogens with zero attached hydrogens (tertiary/aromatic N) is 1. The summed E-state index contributed by atoms with van der Waals surface area (Å²) in [6, 6.07) is 0.559. The van der Waals surface area contributed by atoms with Crippen LogP contribution in [0.3, 0.4) is 0 Å². The summed E-state index contributed by atoms with van der Waals surface area (Å²) in [6.45, 7) is 1.66. The first-order valence-electron chi connectivity index (χ1n) is 6.90. The number of hydrogen-bond donors (Lipinski definition) is 1. The van der Waals surface area contributed by atoms with Gasteiger partial charge >= 0.3 is 0 Å². The number of likely N-dealkylation sites (tertiary alicyclic amines) is 1. The summed E-state index contributed by atoms with van der Waals surface area (Å²) in [5.74, 6) is 2.66. The van der Waals surface area contributed by atoms with Crippen molar-refractivity contribution in [2.75, 3.05) is 24.6 Å². The Balaban J connectivity index is 1.87. The lowest BCUT2D eigenvalue weighted by Crippen LogP contribution is -2.50. The Morgan fingerprint density at radius 2 is 2.00 bits per heavy atom. The molecule has 4 heteroatoms. The molecule has 2 rings (SSSR count). The first-order valence-corrected chi connectivity index (χ1v) is 8.05. The highest BCUT2D eigenvalue weighted by Gasteiger charge is 2.35. The number of rotatable bonds is 4. The molecule has 98 valence electrons. The van der Waals surface area contributed by atoms with Crippen molar-refractivity contribution in [1.29, 1.82) is 0 Å². The lowest BCUT2D eigenvalue weighted by molar-refractivity contribution is -0.134. The number of hydrogen-bond acceptors (Lipinski definition) is 3. The van der Waals surface area contributed by atoms with Gasteiger partial charge in [-0.15, -0.1) is 0 Å². The second-order valence-corrected chi connectivity index (χ2v) is 6.29. The maximum Gasteiger partial charge on any atom is 0.232 e. The third-order valence-corrected chi connectivity index (χ3v) is 5.03. The first kappa shape index (κ1) is 13.2. The molecule has 2 N–H and O–H groups in total. The summed E-state index contributed by atoms with van der Waals surface area (Å²) in [6.07, 6.45) is 7.78. The molecule has 1 saturated heterocycles. The Morgan fingerprint density at radius 1 is 1.24 bits per heavy atom. The Hall–Kier alpha value is -0.220. The summed E-state index contributed by atoms with van der Waals surface area (Å²) in [7, 11) is 0. The van der Waals surface area contributed by atoms with E-state index in [0.29, 0.717) is 24.2 Å². The minimum atomic E-state index is 0.347. The van der Waals surface area contributed by atoms with Gasteiger partial charge in [-0.1, -0.05) is 12.8 Å². The molecule has 2 unspecified atom stereocenters. The maximum atomic E-state index is 12.2. The Bertz CT molecular complexity index is 258. The predicted octanol–water partition coefficient (Wildman–Crippen LogP) is 1.86. The fourth-order valence-corrected chi connectivity index (χ4v) is 3.91. The number of fused-ring (bicyclic) bond motifs is 1. The van der Waals surface area contributed by atoms with E-state index in [1.54, 1.807) is 11.8 Å². The van der Waals surface area contributed by atoms with Crippen molar-refractivity contribution in [2.45, 2.75) is 44.6 Å². The van der Waals surface area contributed by atoms with Gasteiger partial charge in [0.1, 0.15) is 0 Å². The monoisotopic (exact) mass is 256 g/mol. The topological polar surface area (TPSA) is 46.3 Å². The Morgan fingerprint density at radius 3 is 2.82 bits per heavy atom. The molecule has 3 nitrogen and oxygen atoms in total. The van der Waals surface area contributed by atoms with Crippen molar-refractivity contribution >= 4 is 17.7 Å². The van der Waals surface area contributed by atoms with Crippen LogP contribution in [-0.4, -0.2) is 41.4 Å². The van der Waals surface area contributed by atoms with Crippen LogP contribution in [0.2, 0.25) is 0 Å². The molecule has 1 heterocycles. The van der Waals surface area contributed by atoms with Crippen LogP contribution >= 0.6 is 11.8 Å². The van der Waals surface area contributed by atoms with Crippen molar-refractivity contribution in [3.8, 4) is 0 Å². The van der Waals surface area contributed by atoms with Gasteiger partial charge in [0.15, 0.2) is 0 Å².